The maximum absolute atomic E-state index is 13.2. The molecule has 1 atom stereocenters. The summed E-state index contributed by atoms with van der Waals surface area (Å²) in [5, 5.41) is 6.23. The van der Waals surface area contributed by atoms with Gasteiger partial charge < -0.3 is 15.5 Å². The van der Waals surface area contributed by atoms with Crippen LogP contribution in [-0.2, 0) is 0 Å². The minimum absolute atomic E-state index is 0.193. The average molecular weight is 235 g/mol. The van der Waals surface area contributed by atoms with Crippen LogP contribution in [0.25, 0.3) is 0 Å². The summed E-state index contributed by atoms with van der Waals surface area (Å²) in [6, 6.07) is 4.35. The summed E-state index contributed by atoms with van der Waals surface area (Å²) in [6.07, 6.45) is 0.853. The topological polar surface area (TPSA) is 44.4 Å². The maximum Gasteiger partial charge on any atom is 0.255 e. The molecule has 0 saturated carbocycles. The van der Waals surface area contributed by atoms with Gasteiger partial charge in [0.25, 0.3) is 5.91 Å². The van der Waals surface area contributed by atoms with Gasteiger partial charge in [-0.1, -0.05) is 0 Å². The van der Waals surface area contributed by atoms with Gasteiger partial charge in [0.2, 0.25) is 0 Å². The molecule has 0 bridgehead atoms. The molecule has 4 nitrogen and oxygen atoms in total. The minimum Gasteiger partial charge on any atom is -0.350 e. The number of anilines is 1. The van der Waals surface area contributed by atoms with Crippen LogP contribution >= 0.6 is 0 Å². The molecule has 1 fully saturated rings. The second-order valence-corrected chi connectivity index (χ2v) is 4.63. The highest BCUT2D eigenvalue weighted by Gasteiger charge is 2.44. The van der Waals surface area contributed by atoms with E-state index in [1.807, 2.05) is 11.9 Å². The van der Waals surface area contributed by atoms with Crippen LogP contribution in [0.15, 0.2) is 18.2 Å². The first kappa shape index (κ1) is 10.5. The van der Waals surface area contributed by atoms with Gasteiger partial charge in [0, 0.05) is 20.0 Å². The van der Waals surface area contributed by atoms with Gasteiger partial charge in [-0.15, -0.1) is 0 Å². The number of benzene rings is 1. The fourth-order valence-electron chi connectivity index (χ4n) is 2.65. The molecule has 2 aliphatic heterocycles. The zero-order valence-electron chi connectivity index (χ0n) is 9.59. The van der Waals surface area contributed by atoms with Gasteiger partial charge in [0.05, 0.1) is 11.3 Å². The number of nitrogens with one attached hydrogen (secondary N) is 2. The molecule has 2 aliphatic rings. The molecule has 0 aromatic heterocycles. The van der Waals surface area contributed by atoms with E-state index in [1.54, 1.807) is 6.07 Å². The molecule has 90 valence electrons. The Kier molecular flexibility index (Phi) is 2.13. The lowest BCUT2D eigenvalue weighted by molar-refractivity contribution is 0.0891. The third-order valence-electron chi connectivity index (χ3n) is 3.69. The molecule has 0 aliphatic carbocycles. The number of amides is 1. The van der Waals surface area contributed by atoms with Crippen molar-refractivity contribution < 1.29 is 9.18 Å². The Morgan fingerprint density at radius 2 is 2.29 bits per heavy atom. The average Bonchev–Trinajstić information content (AvgIpc) is 2.76. The van der Waals surface area contributed by atoms with Crippen LogP contribution in [0.4, 0.5) is 10.1 Å². The van der Waals surface area contributed by atoms with E-state index in [1.165, 1.54) is 12.1 Å². The predicted molar refractivity (Wildman–Crippen MR) is 62.5 cm³/mol. The number of hydrogen-bond acceptors (Lipinski definition) is 3. The summed E-state index contributed by atoms with van der Waals surface area (Å²) in [5.74, 6) is -0.575. The number of nitrogens with zero attached hydrogens (tertiary/aromatic N) is 1. The van der Waals surface area contributed by atoms with E-state index in [9.17, 15) is 9.18 Å². The third kappa shape index (κ3) is 1.42. The van der Waals surface area contributed by atoms with Crippen LogP contribution in [0.3, 0.4) is 0 Å². The number of fused-ring (bicyclic) bond motifs is 1. The van der Waals surface area contributed by atoms with Crippen molar-refractivity contribution in [3.05, 3.63) is 29.6 Å². The molecular weight excluding hydrogens is 221 g/mol. The van der Waals surface area contributed by atoms with Crippen molar-refractivity contribution in [2.45, 2.75) is 12.1 Å². The molecule has 1 aromatic carbocycles. The van der Waals surface area contributed by atoms with Gasteiger partial charge in [-0.25, -0.2) is 4.39 Å². The molecule has 3 rings (SSSR count). The molecule has 2 N–H and O–H groups in total. The maximum atomic E-state index is 13.2. The van der Waals surface area contributed by atoms with Crippen LogP contribution in [0.5, 0.6) is 0 Å². The summed E-state index contributed by atoms with van der Waals surface area (Å²) < 4.78 is 13.2. The zero-order chi connectivity index (χ0) is 12.0. The van der Waals surface area contributed by atoms with Gasteiger partial charge in [-0.3, -0.25) is 4.79 Å². The first-order chi connectivity index (χ1) is 8.12. The summed E-state index contributed by atoms with van der Waals surface area (Å²) >= 11 is 0. The van der Waals surface area contributed by atoms with Crippen LogP contribution in [0.2, 0.25) is 0 Å². The van der Waals surface area contributed by atoms with Gasteiger partial charge in [-0.05, 0) is 24.7 Å². The quantitative estimate of drug-likeness (QED) is 0.695. The van der Waals surface area contributed by atoms with Crippen molar-refractivity contribution >= 4 is 11.6 Å². The SMILES string of the molecule is CN1c2ccc(F)cc2C(=O)NC12CCNC2. The smallest absolute Gasteiger partial charge is 0.255 e. The van der Waals surface area contributed by atoms with Crippen molar-refractivity contribution in [2.24, 2.45) is 0 Å². The normalized spacial score (nSPS) is 27.2. The molecule has 1 spiro atoms. The van der Waals surface area contributed by atoms with Gasteiger partial charge >= 0.3 is 0 Å². The zero-order valence-corrected chi connectivity index (χ0v) is 9.59. The molecule has 0 radical (unpaired) electrons. The van der Waals surface area contributed by atoms with Gasteiger partial charge in [0.15, 0.2) is 0 Å². The highest BCUT2D eigenvalue weighted by atomic mass is 19.1. The number of hydrogen-bond donors (Lipinski definition) is 2. The second-order valence-electron chi connectivity index (χ2n) is 4.63. The number of carbonyl (C=O) groups is 1. The fourth-order valence-corrected chi connectivity index (χ4v) is 2.65. The van der Waals surface area contributed by atoms with E-state index in [-0.39, 0.29) is 17.4 Å². The highest BCUT2D eigenvalue weighted by Crippen LogP contribution is 2.33. The standard InChI is InChI=1S/C12H14FN3O/c1-16-10-3-2-8(13)6-9(10)11(17)15-12(16)4-5-14-7-12/h2-3,6,14H,4-5,7H2,1H3,(H,15,17). The summed E-state index contributed by atoms with van der Waals surface area (Å²) in [6.45, 7) is 1.59. The molecule has 5 heteroatoms. The molecule has 1 amide bonds. The first-order valence-electron chi connectivity index (χ1n) is 5.69. The lowest BCUT2D eigenvalue weighted by Gasteiger charge is -2.44. The molecule has 1 unspecified atom stereocenters. The van der Waals surface area contributed by atoms with Crippen molar-refractivity contribution in [2.75, 3.05) is 25.0 Å². The van der Waals surface area contributed by atoms with E-state index in [0.29, 0.717) is 12.1 Å². The Morgan fingerprint density at radius 1 is 1.47 bits per heavy atom. The number of carbonyl (C=O) groups excluding carboxylic acids is 1. The number of likely N-dealkylation sites (N-methyl/N-ethyl adjacent to an activating group) is 1. The van der Waals surface area contributed by atoms with Crippen LogP contribution in [0.1, 0.15) is 16.8 Å². The van der Waals surface area contributed by atoms with E-state index in [4.69, 9.17) is 0 Å². The van der Waals surface area contributed by atoms with Crippen LogP contribution in [-0.4, -0.2) is 31.7 Å². The van der Waals surface area contributed by atoms with Crippen LogP contribution in [0, 0.1) is 5.82 Å². The Bertz CT molecular complexity index is 483. The van der Waals surface area contributed by atoms with E-state index >= 15 is 0 Å². The monoisotopic (exact) mass is 235 g/mol. The summed E-state index contributed by atoms with van der Waals surface area (Å²) in [5.41, 5.74) is 0.839. The fraction of sp³-hybridized carbons (Fsp3) is 0.417. The largest absolute Gasteiger partial charge is 0.350 e. The third-order valence-corrected chi connectivity index (χ3v) is 3.69. The lowest BCUT2D eigenvalue weighted by atomic mass is 9.99. The van der Waals surface area contributed by atoms with Crippen molar-refractivity contribution in [3.63, 3.8) is 0 Å². The number of halogens is 1. The molecular formula is C12H14FN3O. The first-order valence-corrected chi connectivity index (χ1v) is 5.69. The summed E-state index contributed by atoms with van der Waals surface area (Å²) in [7, 11) is 1.93. The van der Waals surface area contributed by atoms with Crippen molar-refractivity contribution in [1.82, 2.24) is 10.6 Å². The van der Waals surface area contributed by atoms with Gasteiger partial charge in [-0.2, -0.15) is 0 Å². The van der Waals surface area contributed by atoms with Crippen molar-refractivity contribution in [3.8, 4) is 0 Å². The Labute approximate surface area is 98.8 Å². The Morgan fingerprint density at radius 3 is 3.00 bits per heavy atom. The van der Waals surface area contributed by atoms with Crippen molar-refractivity contribution in [1.29, 1.82) is 0 Å². The number of rotatable bonds is 0. The second kappa shape index (κ2) is 3.43. The predicted octanol–water partition coefficient (Wildman–Crippen LogP) is 0.695. The molecule has 2 heterocycles. The summed E-state index contributed by atoms with van der Waals surface area (Å²) in [4.78, 5) is 14.0. The Balaban J connectivity index is 2.10. The molecule has 1 saturated heterocycles. The highest BCUT2D eigenvalue weighted by molar-refractivity contribution is 6.02. The molecule has 17 heavy (non-hydrogen) atoms. The molecule has 1 aromatic rings. The van der Waals surface area contributed by atoms with E-state index < -0.39 is 0 Å². The van der Waals surface area contributed by atoms with Gasteiger partial charge in [0.1, 0.15) is 11.5 Å². The Hall–Kier alpha value is -1.62. The minimum atomic E-state index is -0.382. The van der Waals surface area contributed by atoms with Crippen LogP contribution < -0.4 is 15.5 Å². The lowest BCUT2D eigenvalue weighted by Crippen LogP contribution is -2.64. The van der Waals surface area contributed by atoms with E-state index in [2.05, 4.69) is 10.6 Å². The van der Waals surface area contributed by atoms with E-state index in [0.717, 1.165) is 18.7 Å².